The van der Waals surface area contributed by atoms with Gasteiger partial charge in [-0.15, -0.1) is 0 Å². The van der Waals surface area contributed by atoms with Crippen molar-refractivity contribution in [2.24, 2.45) is 17.8 Å². The fourth-order valence-electron chi connectivity index (χ4n) is 7.57. The number of nitrogens with zero attached hydrogens (tertiary/aromatic N) is 1. The van der Waals surface area contributed by atoms with Gasteiger partial charge in [-0.2, -0.15) is 0 Å². The molecule has 0 aliphatic carbocycles. The van der Waals surface area contributed by atoms with Gasteiger partial charge in [-0.3, -0.25) is 9.59 Å². The molecule has 0 fully saturated rings. The molecule has 43 heavy (non-hydrogen) atoms. The molecule has 0 unspecified atom stereocenters. The van der Waals surface area contributed by atoms with Crippen LogP contribution in [0.25, 0.3) is 43.1 Å². The Morgan fingerprint density at radius 2 is 0.977 bits per heavy atom. The van der Waals surface area contributed by atoms with E-state index >= 15 is 0 Å². The maximum Gasteiger partial charge on any atom is 0.346 e. The molecule has 0 bridgehead atoms. The number of amides is 1. The monoisotopic (exact) mass is 575 g/mol. The van der Waals surface area contributed by atoms with Gasteiger partial charge < -0.3 is 9.64 Å². The second-order valence-electron chi connectivity index (χ2n) is 13.1. The summed E-state index contributed by atoms with van der Waals surface area (Å²) in [6.07, 6.45) is 0. The van der Waals surface area contributed by atoms with Gasteiger partial charge >= 0.3 is 11.9 Å². The summed E-state index contributed by atoms with van der Waals surface area (Å²) in [7, 11) is 0. The summed E-state index contributed by atoms with van der Waals surface area (Å²) in [5, 5.41) is 6.34. The smallest absolute Gasteiger partial charge is 0.346 e. The minimum absolute atomic E-state index is 0.0350. The molecule has 1 aliphatic heterocycles. The predicted octanol–water partition coefficient (Wildman–Crippen LogP) is 8.42. The van der Waals surface area contributed by atoms with Gasteiger partial charge in [0.1, 0.15) is 0 Å². The molecule has 6 nitrogen and oxygen atoms in total. The highest BCUT2D eigenvalue weighted by molar-refractivity contribution is 6.39. The van der Waals surface area contributed by atoms with Gasteiger partial charge in [0.2, 0.25) is 0 Å². The van der Waals surface area contributed by atoms with Crippen LogP contribution in [0.4, 0.5) is 0 Å². The summed E-state index contributed by atoms with van der Waals surface area (Å²) >= 11 is 0. The lowest BCUT2D eigenvalue weighted by molar-refractivity contribution is 0.0390. The lowest BCUT2D eigenvalue weighted by Gasteiger charge is -2.32. The molecule has 0 saturated heterocycles. The number of ketones is 1. The number of carbonyl (C=O) groups excluding carboxylic acids is 4. The van der Waals surface area contributed by atoms with Gasteiger partial charge in [0.25, 0.3) is 5.91 Å². The van der Waals surface area contributed by atoms with E-state index in [4.69, 9.17) is 4.74 Å². The number of rotatable bonds is 7. The van der Waals surface area contributed by atoms with E-state index in [1.165, 1.54) is 0 Å². The fourth-order valence-corrected chi connectivity index (χ4v) is 7.57. The summed E-state index contributed by atoms with van der Waals surface area (Å²) in [6, 6.07) is 14.7. The molecule has 0 spiro atoms. The highest BCUT2D eigenvalue weighted by Gasteiger charge is 2.33. The number of esters is 2. The van der Waals surface area contributed by atoms with Crippen molar-refractivity contribution >= 4 is 66.7 Å². The molecule has 1 amide bonds. The van der Waals surface area contributed by atoms with E-state index in [0.717, 1.165) is 32.3 Å². The average molecular weight is 576 g/mol. The fraction of sp³-hybridized carbons (Fsp3) is 0.351. The molecule has 0 radical (unpaired) electrons. The summed E-state index contributed by atoms with van der Waals surface area (Å²) < 4.78 is 5.01. The van der Waals surface area contributed by atoms with E-state index in [2.05, 4.69) is 27.7 Å². The van der Waals surface area contributed by atoms with Crippen LogP contribution in [0.5, 0.6) is 0 Å². The lowest BCUT2D eigenvalue weighted by Crippen LogP contribution is -2.42. The zero-order chi connectivity index (χ0) is 31.1. The Hall–Kier alpha value is -4.32. The normalized spacial score (nSPS) is 13.7. The first-order valence-electron chi connectivity index (χ1n) is 15.2. The third kappa shape index (κ3) is 4.14. The Bertz CT molecular complexity index is 1850. The van der Waals surface area contributed by atoms with Crippen LogP contribution >= 0.6 is 0 Å². The van der Waals surface area contributed by atoms with E-state index in [-0.39, 0.29) is 41.5 Å². The largest absolute Gasteiger partial charge is 0.386 e. The predicted molar refractivity (Wildman–Crippen MR) is 171 cm³/mol. The summed E-state index contributed by atoms with van der Waals surface area (Å²) in [4.78, 5) is 56.1. The number of ether oxygens (including phenoxy) is 1. The minimum atomic E-state index is -0.657. The maximum absolute atomic E-state index is 14.4. The summed E-state index contributed by atoms with van der Waals surface area (Å²) in [6.45, 7) is 16.3. The topological polar surface area (TPSA) is 80.8 Å². The molecule has 0 N–H and O–H groups in total. The Kier molecular flexibility index (Phi) is 6.79. The van der Waals surface area contributed by atoms with Crippen LogP contribution in [-0.4, -0.2) is 40.6 Å². The quantitative estimate of drug-likeness (QED) is 0.0640. The van der Waals surface area contributed by atoms with Crippen molar-refractivity contribution < 1.29 is 23.9 Å². The van der Waals surface area contributed by atoms with E-state index in [0.29, 0.717) is 33.0 Å². The molecule has 1 heterocycles. The van der Waals surface area contributed by atoms with Crippen LogP contribution in [-0.2, 0) is 4.74 Å². The van der Waals surface area contributed by atoms with Gasteiger partial charge in [-0.25, -0.2) is 9.59 Å². The number of cyclic esters (lactones) is 2. The number of fused-ring (bicyclic) bond motifs is 2. The minimum Gasteiger partial charge on any atom is -0.386 e. The SMILES string of the molecule is CC(C)C(C(=O)c1ccc2c3ccc4c5c(ccc(c6ccc(C(=O)N(C(C)C)C(C)C)c1c26)c53)C(=O)OC4=O)C(C)C. The van der Waals surface area contributed by atoms with Crippen molar-refractivity contribution in [2.45, 2.75) is 67.5 Å². The van der Waals surface area contributed by atoms with Crippen molar-refractivity contribution in [2.75, 3.05) is 0 Å². The van der Waals surface area contributed by atoms with E-state index < -0.39 is 11.9 Å². The Morgan fingerprint density at radius 1 is 0.558 bits per heavy atom. The van der Waals surface area contributed by atoms with Crippen LogP contribution < -0.4 is 0 Å². The van der Waals surface area contributed by atoms with Crippen molar-refractivity contribution in [3.05, 3.63) is 70.8 Å². The number of hydrogen-bond acceptors (Lipinski definition) is 5. The van der Waals surface area contributed by atoms with Crippen LogP contribution in [0.1, 0.15) is 96.8 Å². The molecule has 5 aromatic carbocycles. The Balaban J connectivity index is 1.80. The first kappa shape index (κ1) is 28.8. The second-order valence-corrected chi connectivity index (χ2v) is 13.1. The van der Waals surface area contributed by atoms with Crippen molar-refractivity contribution in [1.82, 2.24) is 4.90 Å². The molecule has 6 rings (SSSR count). The molecule has 0 aromatic heterocycles. The van der Waals surface area contributed by atoms with Gasteiger partial charge in [0.15, 0.2) is 5.78 Å². The van der Waals surface area contributed by atoms with Gasteiger partial charge in [-0.05, 0) is 90.0 Å². The van der Waals surface area contributed by atoms with Crippen LogP contribution in [0, 0.1) is 17.8 Å². The first-order chi connectivity index (χ1) is 20.3. The maximum atomic E-state index is 14.4. The zero-order valence-electron chi connectivity index (χ0n) is 26.0. The van der Waals surface area contributed by atoms with Crippen molar-refractivity contribution in [3.8, 4) is 0 Å². The number of Topliss-reactive ketones (excluding diaryl/α,β-unsaturated/α-hetero) is 1. The van der Waals surface area contributed by atoms with E-state index in [9.17, 15) is 19.2 Å². The first-order valence-corrected chi connectivity index (χ1v) is 15.2. The molecule has 0 saturated carbocycles. The standard InChI is InChI=1S/C37H37NO5/c1-17(2)29(18(3)4)34(39)25-13-9-21-23-11-15-27-33-28(37(42)43-36(27)41)16-12-24(31(23)33)22-10-14-26(32(25)30(21)22)35(40)38(19(5)6)20(7)8/h9-20,29H,1-8H3. The highest BCUT2D eigenvalue weighted by atomic mass is 16.6. The molecule has 0 atom stereocenters. The molecule has 1 aliphatic rings. The van der Waals surface area contributed by atoms with Crippen LogP contribution in [0.3, 0.4) is 0 Å². The van der Waals surface area contributed by atoms with Crippen molar-refractivity contribution in [3.63, 3.8) is 0 Å². The number of benzene rings is 5. The summed E-state index contributed by atoms with van der Waals surface area (Å²) in [5.41, 5.74) is 1.77. The van der Waals surface area contributed by atoms with Crippen LogP contribution in [0.2, 0.25) is 0 Å². The second kappa shape index (κ2) is 10.1. The van der Waals surface area contributed by atoms with E-state index in [1.54, 1.807) is 12.1 Å². The number of hydrogen-bond donors (Lipinski definition) is 0. The molecule has 5 aromatic rings. The molecular weight excluding hydrogens is 538 g/mol. The highest BCUT2D eigenvalue weighted by Crippen LogP contribution is 2.45. The lowest BCUT2D eigenvalue weighted by atomic mass is 9.77. The van der Waals surface area contributed by atoms with Crippen LogP contribution in [0.15, 0.2) is 48.5 Å². The molecular formula is C37H37NO5. The third-order valence-electron chi connectivity index (χ3n) is 9.11. The third-order valence-corrected chi connectivity index (χ3v) is 9.11. The van der Waals surface area contributed by atoms with Gasteiger partial charge in [-0.1, -0.05) is 58.0 Å². The average Bonchev–Trinajstić information content (AvgIpc) is 2.93. The Morgan fingerprint density at radius 3 is 1.42 bits per heavy atom. The van der Waals surface area contributed by atoms with E-state index in [1.807, 2.05) is 69.0 Å². The van der Waals surface area contributed by atoms with Crippen molar-refractivity contribution in [1.29, 1.82) is 0 Å². The van der Waals surface area contributed by atoms with Gasteiger partial charge in [0.05, 0.1) is 11.1 Å². The zero-order valence-corrected chi connectivity index (χ0v) is 26.0. The Labute approximate surface area is 251 Å². The van der Waals surface area contributed by atoms with Gasteiger partial charge in [0, 0.05) is 39.9 Å². The summed E-state index contributed by atoms with van der Waals surface area (Å²) in [5.74, 6) is -1.37. The number of carbonyl (C=O) groups is 4. The molecule has 220 valence electrons. The molecule has 6 heteroatoms.